The van der Waals surface area contributed by atoms with E-state index in [1.807, 2.05) is 0 Å². The van der Waals surface area contributed by atoms with Gasteiger partial charge in [0.05, 0.1) is 10.2 Å². The van der Waals surface area contributed by atoms with Gasteiger partial charge < -0.3 is 0 Å². The Kier molecular flexibility index (Phi) is 4.65. The summed E-state index contributed by atoms with van der Waals surface area (Å²) in [7, 11) is 0. The summed E-state index contributed by atoms with van der Waals surface area (Å²) in [5.74, 6) is 2.56. The largest absolute Gasteiger partial charge is 0.236 e. The first-order valence-electron chi connectivity index (χ1n) is 6.71. The normalized spacial score (nSPS) is 24.6. The van der Waals surface area contributed by atoms with E-state index < -0.39 is 0 Å². The minimum absolute atomic E-state index is 0.361. The van der Waals surface area contributed by atoms with Gasteiger partial charge in [0.1, 0.15) is 11.0 Å². The van der Waals surface area contributed by atoms with E-state index in [0.717, 1.165) is 21.9 Å². The Bertz CT molecular complexity index is 434. The van der Waals surface area contributed by atoms with Gasteiger partial charge in [0.2, 0.25) is 0 Å². The summed E-state index contributed by atoms with van der Waals surface area (Å²) in [6.45, 7) is 6.59. The zero-order chi connectivity index (χ0) is 13.3. The molecule has 1 aliphatic carbocycles. The third kappa shape index (κ3) is 3.05. The molecule has 2 unspecified atom stereocenters. The van der Waals surface area contributed by atoms with Crippen molar-refractivity contribution in [1.82, 2.24) is 9.97 Å². The molecule has 100 valence electrons. The van der Waals surface area contributed by atoms with Gasteiger partial charge >= 0.3 is 0 Å². The van der Waals surface area contributed by atoms with Gasteiger partial charge in [0.15, 0.2) is 0 Å². The molecule has 1 heterocycles. The third-order valence-electron chi connectivity index (χ3n) is 3.70. The highest BCUT2D eigenvalue weighted by Gasteiger charge is 2.24. The Morgan fingerprint density at radius 1 is 1.28 bits per heavy atom. The molecule has 2 atom stereocenters. The van der Waals surface area contributed by atoms with Crippen LogP contribution in [0.5, 0.6) is 0 Å². The maximum atomic E-state index is 6.22. The van der Waals surface area contributed by atoms with E-state index in [4.69, 9.17) is 16.6 Å². The Morgan fingerprint density at radius 2 is 2.00 bits per heavy atom. The second-order valence-corrected chi connectivity index (χ2v) is 6.85. The van der Waals surface area contributed by atoms with Crippen LogP contribution >= 0.6 is 27.5 Å². The number of halogens is 2. The molecule has 1 fully saturated rings. The SMILES string of the molecule is CC1CCCC(c2nc(Cl)c(Br)c(C(C)C)n2)C1. The second kappa shape index (κ2) is 5.87. The number of nitrogens with zero attached hydrogens (tertiary/aromatic N) is 2. The maximum absolute atomic E-state index is 6.22. The van der Waals surface area contributed by atoms with Crippen LogP contribution in [0, 0.1) is 5.92 Å². The van der Waals surface area contributed by atoms with Crippen LogP contribution in [-0.4, -0.2) is 9.97 Å². The average Bonchev–Trinajstić information content (AvgIpc) is 2.32. The first kappa shape index (κ1) is 14.3. The van der Waals surface area contributed by atoms with E-state index in [1.54, 1.807) is 0 Å². The highest BCUT2D eigenvalue weighted by atomic mass is 79.9. The van der Waals surface area contributed by atoms with Crippen LogP contribution in [0.25, 0.3) is 0 Å². The van der Waals surface area contributed by atoms with Crippen LogP contribution in [-0.2, 0) is 0 Å². The van der Waals surface area contributed by atoms with E-state index in [-0.39, 0.29) is 0 Å². The molecular weight excluding hydrogens is 312 g/mol. The molecule has 0 radical (unpaired) electrons. The fourth-order valence-electron chi connectivity index (χ4n) is 2.69. The number of aromatic nitrogens is 2. The molecule has 0 bridgehead atoms. The molecule has 1 aromatic rings. The van der Waals surface area contributed by atoms with Crippen LogP contribution < -0.4 is 0 Å². The van der Waals surface area contributed by atoms with E-state index >= 15 is 0 Å². The minimum Gasteiger partial charge on any atom is -0.236 e. The lowest BCUT2D eigenvalue weighted by molar-refractivity contribution is 0.334. The topological polar surface area (TPSA) is 25.8 Å². The molecule has 0 saturated heterocycles. The fraction of sp³-hybridized carbons (Fsp3) is 0.714. The monoisotopic (exact) mass is 330 g/mol. The molecule has 2 rings (SSSR count). The summed E-state index contributed by atoms with van der Waals surface area (Å²) in [6.07, 6.45) is 4.99. The van der Waals surface area contributed by atoms with Gasteiger partial charge in [-0.05, 0) is 40.6 Å². The summed E-state index contributed by atoms with van der Waals surface area (Å²) < 4.78 is 0.853. The number of hydrogen-bond donors (Lipinski definition) is 0. The summed E-state index contributed by atoms with van der Waals surface area (Å²) in [5.41, 5.74) is 1.03. The van der Waals surface area contributed by atoms with E-state index in [1.165, 1.54) is 25.7 Å². The molecule has 18 heavy (non-hydrogen) atoms. The van der Waals surface area contributed by atoms with Gasteiger partial charge in [0, 0.05) is 5.92 Å². The Labute approximate surface area is 123 Å². The summed E-state index contributed by atoms with van der Waals surface area (Å²) in [4.78, 5) is 9.23. The molecule has 0 spiro atoms. The molecule has 0 aliphatic heterocycles. The van der Waals surface area contributed by atoms with Crippen LogP contribution in [0.15, 0.2) is 4.47 Å². The molecule has 0 N–H and O–H groups in total. The lowest BCUT2D eigenvalue weighted by atomic mass is 9.82. The minimum atomic E-state index is 0.361. The molecule has 4 heteroatoms. The predicted octanol–water partition coefficient (Wildman–Crippen LogP) is 5.31. The first-order chi connectivity index (χ1) is 8.49. The maximum Gasteiger partial charge on any atom is 0.147 e. The molecule has 0 aromatic carbocycles. The van der Waals surface area contributed by atoms with Crippen LogP contribution in [0.3, 0.4) is 0 Å². The highest BCUT2D eigenvalue weighted by Crippen LogP contribution is 2.37. The van der Waals surface area contributed by atoms with E-state index in [2.05, 4.69) is 41.7 Å². The lowest BCUT2D eigenvalue weighted by Gasteiger charge is -2.26. The quantitative estimate of drug-likeness (QED) is 0.686. The molecule has 1 aromatic heterocycles. The van der Waals surface area contributed by atoms with Gasteiger partial charge in [-0.25, -0.2) is 9.97 Å². The lowest BCUT2D eigenvalue weighted by Crippen LogP contribution is -2.15. The molecule has 1 saturated carbocycles. The standard InChI is InChI=1S/C14H20BrClN2/c1-8(2)12-11(15)13(16)18-14(17-12)10-6-4-5-9(3)7-10/h8-10H,4-7H2,1-3H3. The fourth-order valence-corrected chi connectivity index (χ4v) is 3.51. The van der Waals surface area contributed by atoms with Gasteiger partial charge in [-0.15, -0.1) is 0 Å². The number of rotatable bonds is 2. The van der Waals surface area contributed by atoms with Gasteiger partial charge in [-0.1, -0.05) is 45.2 Å². The highest BCUT2D eigenvalue weighted by molar-refractivity contribution is 9.10. The Balaban J connectivity index is 2.33. The molecule has 0 amide bonds. The van der Waals surface area contributed by atoms with E-state index in [0.29, 0.717) is 17.0 Å². The molecule has 2 nitrogen and oxygen atoms in total. The van der Waals surface area contributed by atoms with Gasteiger partial charge in [-0.2, -0.15) is 0 Å². The third-order valence-corrected chi connectivity index (χ3v) is 4.99. The van der Waals surface area contributed by atoms with E-state index in [9.17, 15) is 0 Å². The zero-order valence-electron chi connectivity index (χ0n) is 11.2. The first-order valence-corrected chi connectivity index (χ1v) is 7.89. The van der Waals surface area contributed by atoms with Crippen molar-refractivity contribution in [3.63, 3.8) is 0 Å². The van der Waals surface area contributed by atoms with Crippen molar-refractivity contribution in [2.24, 2.45) is 5.92 Å². The average molecular weight is 332 g/mol. The van der Waals surface area contributed by atoms with Gasteiger partial charge in [-0.3, -0.25) is 0 Å². The van der Waals surface area contributed by atoms with Crippen LogP contribution in [0.4, 0.5) is 0 Å². The van der Waals surface area contributed by atoms with Crippen molar-refractivity contribution in [2.75, 3.05) is 0 Å². The molecular formula is C14H20BrClN2. The Morgan fingerprint density at radius 3 is 2.61 bits per heavy atom. The van der Waals surface area contributed by atoms with Crippen LogP contribution in [0.1, 0.15) is 69.8 Å². The van der Waals surface area contributed by atoms with Crippen molar-refractivity contribution >= 4 is 27.5 Å². The van der Waals surface area contributed by atoms with Crippen molar-refractivity contribution in [3.8, 4) is 0 Å². The summed E-state index contributed by atoms with van der Waals surface area (Å²) in [5, 5.41) is 0.557. The predicted molar refractivity (Wildman–Crippen MR) is 79.2 cm³/mol. The van der Waals surface area contributed by atoms with Gasteiger partial charge in [0.25, 0.3) is 0 Å². The summed E-state index contributed by atoms with van der Waals surface area (Å²) >= 11 is 9.71. The van der Waals surface area contributed by atoms with Crippen LogP contribution in [0.2, 0.25) is 5.15 Å². The molecule has 1 aliphatic rings. The summed E-state index contributed by atoms with van der Waals surface area (Å²) in [6, 6.07) is 0. The van der Waals surface area contributed by atoms with Crippen molar-refractivity contribution in [3.05, 3.63) is 21.1 Å². The second-order valence-electron chi connectivity index (χ2n) is 5.70. The smallest absolute Gasteiger partial charge is 0.147 e. The van der Waals surface area contributed by atoms with Crippen molar-refractivity contribution < 1.29 is 0 Å². The van der Waals surface area contributed by atoms with Crippen molar-refractivity contribution in [2.45, 2.75) is 58.3 Å². The number of hydrogen-bond acceptors (Lipinski definition) is 2. The Hall–Kier alpha value is -0.150. The zero-order valence-corrected chi connectivity index (χ0v) is 13.6. The van der Waals surface area contributed by atoms with Crippen molar-refractivity contribution in [1.29, 1.82) is 0 Å².